The molecule has 2 heterocycles. The normalized spacial score (nSPS) is 31.1. The molecule has 6 rings (SSSR count). The van der Waals surface area contributed by atoms with Crippen molar-refractivity contribution in [3.8, 4) is 11.5 Å². The van der Waals surface area contributed by atoms with Crippen LogP contribution in [0.1, 0.15) is 30.7 Å². The number of carbonyl (C=O) groups excluding carboxylic acids is 4. The summed E-state index contributed by atoms with van der Waals surface area (Å²) < 4.78 is 19.5. The standard InChI is InChI=1S/C30H24Cl2FIN2O8/c1-44-20-11-13(10-19(34)24(20)39)23-16-6-7-17-22(26(41)35(25(17)40)9-8-21(37)38)18(16)12-29(31)27(42)36(28(43)30(23,29)32)15-4-2-14(33)3-5-15/h2-6,10-11,17-18,22-23,39H,7-9,12H2,1H3,(H,37,38). The molecule has 2 aromatic rings. The van der Waals surface area contributed by atoms with Crippen LogP contribution in [-0.4, -0.2) is 68.1 Å². The number of rotatable bonds is 6. The van der Waals surface area contributed by atoms with Gasteiger partial charge in [-0.2, -0.15) is 0 Å². The molecule has 230 valence electrons. The number of hydrogen-bond donors (Lipinski definition) is 2. The molecule has 2 aliphatic carbocycles. The van der Waals surface area contributed by atoms with Crippen molar-refractivity contribution in [3.63, 3.8) is 0 Å². The van der Waals surface area contributed by atoms with E-state index in [1.807, 2.05) is 22.6 Å². The Kier molecular flexibility index (Phi) is 7.48. The van der Waals surface area contributed by atoms with E-state index in [1.54, 1.807) is 12.1 Å². The molecule has 0 spiro atoms. The smallest absolute Gasteiger partial charge is 0.305 e. The SMILES string of the molecule is COc1cc(C2C3=CCC4C(=O)N(CCC(=O)O)C(=O)C4C3CC3(Cl)C(=O)N(c4ccc(F)cc4)C(=O)C23Cl)cc(I)c1O. The number of carbonyl (C=O) groups is 5. The van der Waals surface area contributed by atoms with Gasteiger partial charge in [0, 0.05) is 12.5 Å². The van der Waals surface area contributed by atoms with Crippen LogP contribution in [0.3, 0.4) is 0 Å². The van der Waals surface area contributed by atoms with Gasteiger partial charge < -0.3 is 14.9 Å². The first kappa shape index (κ1) is 30.8. The zero-order valence-corrected chi connectivity index (χ0v) is 26.6. The highest BCUT2D eigenvalue weighted by Crippen LogP contribution is 2.66. The van der Waals surface area contributed by atoms with Gasteiger partial charge in [0.2, 0.25) is 11.8 Å². The van der Waals surface area contributed by atoms with Gasteiger partial charge in [0.15, 0.2) is 21.2 Å². The first-order valence-corrected chi connectivity index (χ1v) is 15.5. The van der Waals surface area contributed by atoms with E-state index in [4.69, 9.17) is 27.9 Å². The van der Waals surface area contributed by atoms with Crippen LogP contribution in [-0.2, 0) is 24.0 Å². The van der Waals surface area contributed by atoms with Gasteiger partial charge in [0.05, 0.1) is 34.6 Å². The zero-order valence-electron chi connectivity index (χ0n) is 22.9. The van der Waals surface area contributed by atoms with Gasteiger partial charge in [-0.1, -0.05) is 11.6 Å². The number of carboxylic acid groups (broad SMARTS) is 1. The van der Waals surface area contributed by atoms with Gasteiger partial charge in [0.25, 0.3) is 11.8 Å². The van der Waals surface area contributed by atoms with E-state index in [0.717, 1.165) is 21.9 Å². The van der Waals surface area contributed by atoms with Crippen LogP contribution in [0, 0.1) is 27.1 Å². The number of nitrogens with zero attached hydrogens (tertiary/aromatic N) is 2. The summed E-state index contributed by atoms with van der Waals surface area (Å²) in [5, 5.41) is 19.7. The summed E-state index contributed by atoms with van der Waals surface area (Å²) in [4.78, 5) is 64.4. The number of anilines is 1. The van der Waals surface area contributed by atoms with Crippen molar-refractivity contribution in [2.45, 2.75) is 34.9 Å². The van der Waals surface area contributed by atoms with Crippen LogP contribution in [0.4, 0.5) is 10.1 Å². The molecule has 1 saturated carbocycles. The number of alkyl halides is 2. The number of aliphatic carboxylic acids is 1. The molecule has 0 radical (unpaired) electrons. The van der Waals surface area contributed by atoms with E-state index in [-0.39, 0.29) is 36.6 Å². The summed E-state index contributed by atoms with van der Waals surface area (Å²) in [7, 11) is 1.35. The van der Waals surface area contributed by atoms with Crippen molar-refractivity contribution < 1.29 is 43.3 Å². The number of phenols is 1. The van der Waals surface area contributed by atoms with E-state index >= 15 is 0 Å². The third kappa shape index (κ3) is 4.20. The van der Waals surface area contributed by atoms with Crippen molar-refractivity contribution in [1.29, 1.82) is 0 Å². The summed E-state index contributed by atoms with van der Waals surface area (Å²) in [6.45, 7) is -0.305. The number of methoxy groups -OCH3 is 1. The third-order valence-corrected chi connectivity index (χ3v) is 11.4. The van der Waals surface area contributed by atoms with Crippen LogP contribution < -0.4 is 9.64 Å². The molecule has 2 aliphatic heterocycles. The number of ether oxygens (including phenoxy) is 1. The minimum absolute atomic E-state index is 0.0502. The first-order valence-electron chi connectivity index (χ1n) is 13.6. The highest BCUT2D eigenvalue weighted by Gasteiger charge is 2.76. The predicted molar refractivity (Wildman–Crippen MR) is 163 cm³/mol. The lowest BCUT2D eigenvalue weighted by atomic mass is 9.56. The molecule has 0 aromatic heterocycles. The van der Waals surface area contributed by atoms with Gasteiger partial charge in [0.1, 0.15) is 5.82 Å². The zero-order chi connectivity index (χ0) is 31.9. The number of aromatic hydroxyl groups is 1. The van der Waals surface area contributed by atoms with E-state index in [2.05, 4.69) is 0 Å². The average molecular weight is 757 g/mol. The molecule has 6 atom stereocenters. The number of imide groups is 2. The summed E-state index contributed by atoms with van der Waals surface area (Å²) in [6.07, 6.45) is 1.15. The topological polar surface area (TPSA) is 142 Å². The molecule has 2 aromatic carbocycles. The number of hydrogen-bond acceptors (Lipinski definition) is 7. The summed E-state index contributed by atoms with van der Waals surface area (Å²) in [6, 6.07) is 7.76. The Morgan fingerprint density at radius 3 is 2.41 bits per heavy atom. The van der Waals surface area contributed by atoms with Crippen molar-refractivity contribution in [1.82, 2.24) is 4.90 Å². The van der Waals surface area contributed by atoms with E-state index in [0.29, 0.717) is 14.7 Å². The molecule has 14 heteroatoms. The van der Waals surface area contributed by atoms with Crippen LogP contribution in [0.15, 0.2) is 48.0 Å². The second-order valence-electron chi connectivity index (χ2n) is 11.3. The number of halogens is 4. The van der Waals surface area contributed by atoms with Crippen molar-refractivity contribution in [2.75, 3.05) is 18.6 Å². The lowest BCUT2D eigenvalue weighted by Gasteiger charge is -2.50. The Morgan fingerprint density at radius 1 is 1.09 bits per heavy atom. The monoisotopic (exact) mass is 756 g/mol. The molecule has 0 bridgehead atoms. The van der Waals surface area contributed by atoms with Crippen molar-refractivity contribution in [2.24, 2.45) is 17.8 Å². The summed E-state index contributed by atoms with van der Waals surface area (Å²) in [5.41, 5.74) is 0.943. The summed E-state index contributed by atoms with van der Waals surface area (Å²) in [5.74, 6) is -8.39. The molecule has 2 saturated heterocycles. The molecule has 6 unspecified atom stereocenters. The number of benzene rings is 2. The molecule has 4 amide bonds. The second-order valence-corrected chi connectivity index (χ2v) is 13.7. The molecule has 44 heavy (non-hydrogen) atoms. The fourth-order valence-corrected chi connectivity index (χ4v) is 8.74. The Hall–Kier alpha value is -3.23. The fourth-order valence-electron chi connectivity index (χ4n) is 7.18. The van der Waals surface area contributed by atoms with E-state index < -0.39 is 75.3 Å². The molecule has 4 aliphatic rings. The maximum atomic E-state index is 14.4. The predicted octanol–water partition coefficient (Wildman–Crippen LogP) is 4.18. The largest absolute Gasteiger partial charge is 0.504 e. The van der Waals surface area contributed by atoms with Gasteiger partial charge in [-0.15, -0.1) is 23.2 Å². The minimum atomic E-state index is -2.14. The summed E-state index contributed by atoms with van der Waals surface area (Å²) >= 11 is 16.5. The van der Waals surface area contributed by atoms with Crippen LogP contribution >= 0.6 is 45.8 Å². The number of allylic oxidation sites excluding steroid dienone is 2. The number of carboxylic acids is 1. The Labute approximate surface area is 273 Å². The molecule has 3 fully saturated rings. The Bertz CT molecular complexity index is 1690. The average Bonchev–Trinajstić information content (AvgIpc) is 3.31. The van der Waals surface area contributed by atoms with Crippen molar-refractivity contribution in [3.05, 3.63) is 63.0 Å². The van der Waals surface area contributed by atoms with Gasteiger partial charge in [-0.05, 0) is 83.3 Å². The van der Waals surface area contributed by atoms with Crippen LogP contribution in [0.2, 0.25) is 0 Å². The molecule has 2 N–H and O–H groups in total. The lowest BCUT2D eigenvalue weighted by molar-refractivity contribution is -0.142. The van der Waals surface area contributed by atoms with Crippen LogP contribution in [0.5, 0.6) is 11.5 Å². The lowest BCUT2D eigenvalue weighted by Crippen LogP contribution is -2.60. The molecular weight excluding hydrogens is 733 g/mol. The highest BCUT2D eigenvalue weighted by molar-refractivity contribution is 14.1. The van der Waals surface area contributed by atoms with Gasteiger partial charge in [-0.25, -0.2) is 9.29 Å². The number of fused-ring (bicyclic) bond motifs is 4. The highest BCUT2D eigenvalue weighted by atomic mass is 127. The number of amides is 4. The third-order valence-electron chi connectivity index (χ3n) is 9.14. The van der Waals surface area contributed by atoms with Gasteiger partial charge in [-0.3, -0.25) is 28.9 Å². The first-order chi connectivity index (χ1) is 20.8. The quantitative estimate of drug-likeness (QED) is 0.194. The number of likely N-dealkylation sites (tertiary alicyclic amines) is 1. The maximum absolute atomic E-state index is 14.4. The molecular formula is C30H24Cl2FIN2O8. The van der Waals surface area contributed by atoms with E-state index in [1.165, 1.54) is 25.3 Å². The van der Waals surface area contributed by atoms with Gasteiger partial charge >= 0.3 is 5.97 Å². The van der Waals surface area contributed by atoms with Crippen LogP contribution in [0.25, 0.3) is 0 Å². The minimum Gasteiger partial charge on any atom is -0.504 e. The number of phenolic OH excluding ortho intramolecular Hbond substituents is 1. The maximum Gasteiger partial charge on any atom is 0.305 e. The Morgan fingerprint density at radius 2 is 1.77 bits per heavy atom. The second kappa shape index (κ2) is 10.7. The molecule has 10 nitrogen and oxygen atoms in total. The van der Waals surface area contributed by atoms with Crippen molar-refractivity contribution >= 4 is 81.1 Å². The fraction of sp³-hybridized carbons (Fsp3) is 0.367. The Balaban J connectivity index is 1.54. The van der Waals surface area contributed by atoms with E-state index in [9.17, 15) is 38.6 Å².